The lowest BCUT2D eigenvalue weighted by Crippen LogP contribution is -2.16. The second-order valence-electron chi connectivity index (χ2n) is 5.20. The first kappa shape index (κ1) is 15.9. The van der Waals surface area contributed by atoms with Crippen LogP contribution < -0.4 is 15.4 Å². The number of nitrogens with zero attached hydrogens (tertiary/aromatic N) is 1. The number of anilines is 1. The van der Waals surface area contributed by atoms with Crippen LogP contribution in [0.15, 0.2) is 46.9 Å². The van der Waals surface area contributed by atoms with E-state index >= 15 is 0 Å². The predicted molar refractivity (Wildman–Crippen MR) is 91.8 cm³/mol. The second kappa shape index (κ2) is 6.96. The lowest BCUT2D eigenvalue weighted by Gasteiger charge is -2.21. The van der Waals surface area contributed by atoms with Gasteiger partial charge in [-0.25, -0.2) is 0 Å². The Hall–Kier alpha value is -1.52. The van der Waals surface area contributed by atoms with Gasteiger partial charge in [-0.05, 0) is 42.3 Å². The molecule has 0 amide bonds. The molecule has 0 aliphatic rings. The maximum absolute atomic E-state index is 5.94. The summed E-state index contributed by atoms with van der Waals surface area (Å²) in [5, 5.41) is 0. The topological polar surface area (TPSA) is 38.5 Å². The average molecular weight is 349 g/mol. The molecule has 112 valence electrons. The molecule has 0 saturated heterocycles. The Morgan fingerprint density at radius 1 is 1.24 bits per heavy atom. The Kier molecular flexibility index (Phi) is 5.26. The largest absolute Gasteiger partial charge is 0.497 e. The molecule has 2 N–H and O–H groups in total. The summed E-state index contributed by atoms with van der Waals surface area (Å²) in [6.07, 6.45) is 0. The van der Waals surface area contributed by atoms with Crippen LogP contribution in [0.1, 0.15) is 24.1 Å². The van der Waals surface area contributed by atoms with Crippen molar-refractivity contribution in [2.75, 3.05) is 19.1 Å². The van der Waals surface area contributed by atoms with E-state index in [4.69, 9.17) is 10.5 Å². The molecule has 0 aliphatic heterocycles. The minimum atomic E-state index is 0.0251. The summed E-state index contributed by atoms with van der Waals surface area (Å²) in [4.78, 5) is 2.20. The number of ether oxygens (including phenoxy) is 1. The van der Waals surface area contributed by atoms with E-state index in [1.807, 2.05) is 19.1 Å². The summed E-state index contributed by atoms with van der Waals surface area (Å²) in [6.45, 7) is 2.81. The highest BCUT2D eigenvalue weighted by Gasteiger charge is 2.09. The van der Waals surface area contributed by atoms with Gasteiger partial charge < -0.3 is 15.4 Å². The van der Waals surface area contributed by atoms with E-state index in [2.05, 4.69) is 58.2 Å². The molecular weight excluding hydrogens is 328 g/mol. The average Bonchev–Trinajstić information content (AvgIpc) is 2.46. The Labute approximate surface area is 134 Å². The van der Waals surface area contributed by atoms with Crippen molar-refractivity contribution in [3.8, 4) is 5.75 Å². The van der Waals surface area contributed by atoms with Crippen molar-refractivity contribution in [2.45, 2.75) is 19.5 Å². The van der Waals surface area contributed by atoms with Crippen LogP contribution in [0.4, 0.5) is 5.69 Å². The van der Waals surface area contributed by atoms with Gasteiger partial charge in [-0.2, -0.15) is 0 Å². The van der Waals surface area contributed by atoms with Crippen LogP contribution in [0.3, 0.4) is 0 Å². The van der Waals surface area contributed by atoms with Crippen LogP contribution in [-0.4, -0.2) is 14.2 Å². The molecule has 0 unspecified atom stereocenters. The molecule has 21 heavy (non-hydrogen) atoms. The zero-order chi connectivity index (χ0) is 15.4. The molecule has 2 aromatic rings. The van der Waals surface area contributed by atoms with Crippen molar-refractivity contribution in [3.63, 3.8) is 0 Å². The van der Waals surface area contributed by atoms with Gasteiger partial charge in [0.1, 0.15) is 5.75 Å². The highest BCUT2D eigenvalue weighted by atomic mass is 79.9. The van der Waals surface area contributed by atoms with Crippen molar-refractivity contribution in [2.24, 2.45) is 5.73 Å². The molecule has 0 saturated carbocycles. The monoisotopic (exact) mass is 348 g/mol. The summed E-state index contributed by atoms with van der Waals surface area (Å²) in [5.74, 6) is 0.884. The fourth-order valence-electron chi connectivity index (χ4n) is 2.26. The Bertz CT molecular complexity index is 613. The van der Waals surface area contributed by atoms with Crippen molar-refractivity contribution in [1.82, 2.24) is 0 Å². The predicted octanol–water partition coefficient (Wildman–Crippen LogP) is 4.11. The molecule has 0 radical (unpaired) electrons. The molecule has 3 nitrogen and oxygen atoms in total. The zero-order valence-corrected chi connectivity index (χ0v) is 14.2. The van der Waals surface area contributed by atoms with E-state index in [0.29, 0.717) is 0 Å². The molecule has 0 heterocycles. The lowest BCUT2D eigenvalue weighted by molar-refractivity contribution is 0.414. The van der Waals surface area contributed by atoms with Crippen molar-refractivity contribution < 1.29 is 4.74 Å². The van der Waals surface area contributed by atoms with Crippen molar-refractivity contribution in [1.29, 1.82) is 0 Å². The number of rotatable bonds is 5. The molecule has 0 bridgehead atoms. The SMILES string of the molecule is COc1cccc(CN(C)c2ccc([C@@H](C)N)c(Br)c2)c1. The van der Waals surface area contributed by atoms with Crippen LogP contribution in [0.2, 0.25) is 0 Å². The van der Waals surface area contributed by atoms with Gasteiger partial charge in [0.25, 0.3) is 0 Å². The molecule has 0 spiro atoms. The summed E-state index contributed by atoms with van der Waals surface area (Å²) < 4.78 is 6.31. The first-order chi connectivity index (χ1) is 10.0. The van der Waals surface area contributed by atoms with E-state index in [1.54, 1.807) is 7.11 Å². The maximum Gasteiger partial charge on any atom is 0.119 e. The number of benzene rings is 2. The fraction of sp³-hybridized carbons (Fsp3) is 0.294. The second-order valence-corrected chi connectivity index (χ2v) is 6.06. The van der Waals surface area contributed by atoms with Gasteiger partial charge in [-0.1, -0.05) is 34.1 Å². The third-order valence-corrected chi connectivity index (χ3v) is 4.16. The van der Waals surface area contributed by atoms with E-state index in [9.17, 15) is 0 Å². The number of methoxy groups -OCH3 is 1. The molecule has 2 rings (SSSR count). The lowest BCUT2D eigenvalue weighted by atomic mass is 10.1. The van der Waals surface area contributed by atoms with Gasteiger partial charge in [-0.15, -0.1) is 0 Å². The van der Waals surface area contributed by atoms with Crippen molar-refractivity contribution >= 4 is 21.6 Å². The van der Waals surface area contributed by atoms with Crippen LogP contribution in [-0.2, 0) is 6.54 Å². The molecule has 0 aliphatic carbocycles. The number of hydrogen-bond donors (Lipinski definition) is 1. The van der Waals surface area contributed by atoms with E-state index < -0.39 is 0 Å². The third kappa shape index (κ3) is 3.99. The van der Waals surface area contributed by atoms with Gasteiger partial charge >= 0.3 is 0 Å². The van der Waals surface area contributed by atoms with Gasteiger partial charge in [0.15, 0.2) is 0 Å². The van der Waals surface area contributed by atoms with E-state index in [-0.39, 0.29) is 6.04 Å². The van der Waals surface area contributed by atoms with Gasteiger partial charge in [0.05, 0.1) is 7.11 Å². The van der Waals surface area contributed by atoms with Crippen molar-refractivity contribution in [3.05, 3.63) is 58.1 Å². The van der Waals surface area contributed by atoms with Gasteiger partial charge in [0, 0.05) is 29.8 Å². The Morgan fingerprint density at radius 2 is 2.00 bits per heavy atom. The van der Waals surface area contributed by atoms with E-state index in [1.165, 1.54) is 5.56 Å². The Morgan fingerprint density at radius 3 is 2.62 bits per heavy atom. The maximum atomic E-state index is 5.94. The van der Waals surface area contributed by atoms with Crippen LogP contribution in [0, 0.1) is 0 Å². The van der Waals surface area contributed by atoms with Crippen LogP contribution in [0.5, 0.6) is 5.75 Å². The first-order valence-electron chi connectivity index (χ1n) is 6.90. The molecule has 4 heteroatoms. The third-order valence-electron chi connectivity index (χ3n) is 3.47. The first-order valence-corrected chi connectivity index (χ1v) is 7.69. The number of nitrogens with two attached hydrogens (primary N) is 1. The summed E-state index contributed by atoms with van der Waals surface area (Å²) in [6, 6.07) is 14.4. The van der Waals surface area contributed by atoms with E-state index in [0.717, 1.165) is 28.0 Å². The van der Waals surface area contributed by atoms with Crippen LogP contribution in [0.25, 0.3) is 0 Å². The smallest absolute Gasteiger partial charge is 0.119 e. The Balaban J connectivity index is 2.16. The van der Waals surface area contributed by atoms with Crippen LogP contribution >= 0.6 is 15.9 Å². The number of hydrogen-bond acceptors (Lipinski definition) is 3. The molecule has 2 aromatic carbocycles. The highest BCUT2D eigenvalue weighted by Crippen LogP contribution is 2.28. The zero-order valence-electron chi connectivity index (χ0n) is 12.6. The standard InChI is InChI=1S/C17H21BrN2O/c1-12(19)16-8-7-14(10-17(16)18)20(2)11-13-5-4-6-15(9-13)21-3/h4-10,12H,11,19H2,1-3H3/t12-/m1/s1. The summed E-state index contributed by atoms with van der Waals surface area (Å²) in [7, 11) is 3.76. The highest BCUT2D eigenvalue weighted by molar-refractivity contribution is 9.10. The van der Waals surface area contributed by atoms with Gasteiger partial charge in [0.2, 0.25) is 0 Å². The molecule has 1 atom stereocenters. The fourth-order valence-corrected chi connectivity index (χ4v) is 2.99. The number of halogens is 1. The van der Waals surface area contributed by atoms with Gasteiger partial charge in [-0.3, -0.25) is 0 Å². The summed E-state index contributed by atoms with van der Waals surface area (Å²) >= 11 is 3.60. The molecular formula is C17H21BrN2O. The molecule has 0 fully saturated rings. The normalized spacial score (nSPS) is 12.0. The quantitative estimate of drug-likeness (QED) is 0.883. The minimum absolute atomic E-state index is 0.0251. The summed E-state index contributed by atoms with van der Waals surface area (Å²) in [5.41, 5.74) is 9.42. The minimum Gasteiger partial charge on any atom is -0.497 e. The molecule has 0 aromatic heterocycles.